The van der Waals surface area contributed by atoms with Crippen LogP contribution in [0.25, 0.3) is 0 Å². The predicted molar refractivity (Wildman–Crippen MR) is 89.1 cm³/mol. The molecule has 1 N–H and O–H groups in total. The summed E-state index contributed by atoms with van der Waals surface area (Å²) in [5, 5.41) is 3.72. The minimum absolute atomic E-state index is 0.528. The van der Waals surface area contributed by atoms with Gasteiger partial charge in [-0.1, -0.05) is 20.8 Å². The molecule has 0 aliphatic heterocycles. The summed E-state index contributed by atoms with van der Waals surface area (Å²) in [6.45, 7) is 11.8. The van der Waals surface area contributed by atoms with Gasteiger partial charge in [0.25, 0.3) is 0 Å². The molecule has 3 atom stereocenters. The van der Waals surface area contributed by atoms with Crippen molar-refractivity contribution in [3.63, 3.8) is 0 Å². The van der Waals surface area contributed by atoms with Crippen molar-refractivity contribution in [1.29, 1.82) is 0 Å². The average Bonchev–Trinajstić information content (AvgIpc) is 2.32. The molecule has 1 aliphatic rings. The number of hydrogen-bond donors (Lipinski definition) is 1. The molecule has 19 heavy (non-hydrogen) atoms. The van der Waals surface area contributed by atoms with Crippen molar-refractivity contribution >= 4 is 11.8 Å². The topological polar surface area (TPSA) is 15.3 Å². The van der Waals surface area contributed by atoms with Crippen LogP contribution in [-0.2, 0) is 0 Å². The van der Waals surface area contributed by atoms with Crippen LogP contribution >= 0.6 is 11.8 Å². The van der Waals surface area contributed by atoms with Crippen molar-refractivity contribution in [2.45, 2.75) is 59.0 Å². The Labute approximate surface area is 125 Å². The van der Waals surface area contributed by atoms with Crippen molar-refractivity contribution in [3.05, 3.63) is 0 Å². The van der Waals surface area contributed by atoms with E-state index in [1.807, 2.05) is 11.8 Å². The van der Waals surface area contributed by atoms with Crippen molar-refractivity contribution in [2.75, 3.05) is 32.1 Å². The molecule has 0 saturated heterocycles. The van der Waals surface area contributed by atoms with Gasteiger partial charge in [-0.15, -0.1) is 0 Å². The predicted octanol–water partition coefficient (Wildman–Crippen LogP) is 3.47. The summed E-state index contributed by atoms with van der Waals surface area (Å²) >= 11 is 1.95. The highest BCUT2D eigenvalue weighted by atomic mass is 32.2. The van der Waals surface area contributed by atoms with E-state index >= 15 is 0 Å². The summed E-state index contributed by atoms with van der Waals surface area (Å²) < 4.78 is 0. The maximum absolute atomic E-state index is 3.72. The third-order valence-electron chi connectivity index (χ3n) is 4.67. The molecule has 1 fully saturated rings. The van der Waals surface area contributed by atoms with Crippen LogP contribution in [0.4, 0.5) is 0 Å². The van der Waals surface area contributed by atoms with E-state index in [0.717, 1.165) is 18.5 Å². The van der Waals surface area contributed by atoms with Crippen LogP contribution in [-0.4, -0.2) is 49.1 Å². The van der Waals surface area contributed by atoms with Crippen molar-refractivity contribution in [3.8, 4) is 0 Å². The molecule has 1 saturated carbocycles. The van der Waals surface area contributed by atoms with E-state index in [9.17, 15) is 0 Å². The first-order valence-corrected chi connectivity index (χ1v) is 9.21. The summed E-state index contributed by atoms with van der Waals surface area (Å²) in [6, 6.07) is 1.41. The number of rotatable bonds is 7. The number of hydrogen-bond acceptors (Lipinski definition) is 3. The van der Waals surface area contributed by atoms with Gasteiger partial charge < -0.3 is 10.2 Å². The second-order valence-corrected chi connectivity index (χ2v) is 7.99. The molecule has 1 rings (SSSR count). The maximum Gasteiger partial charge on any atom is 0.0155 e. The summed E-state index contributed by atoms with van der Waals surface area (Å²) in [7, 11) is 2.30. The van der Waals surface area contributed by atoms with Crippen LogP contribution in [0.3, 0.4) is 0 Å². The Bertz CT molecular complexity index is 255. The highest BCUT2D eigenvalue weighted by Crippen LogP contribution is 2.39. The minimum atomic E-state index is 0.528. The fourth-order valence-electron chi connectivity index (χ4n) is 3.38. The quantitative estimate of drug-likeness (QED) is 0.771. The van der Waals surface area contributed by atoms with E-state index in [2.05, 4.69) is 51.2 Å². The van der Waals surface area contributed by atoms with E-state index in [1.54, 1.807) is 0 Å². The molecule has 0 bridgehead atoms. The lowest BCUT2D eigenvalue weighted by Gasteiger charge is -2.43. The lowest BCUT2D eigenvalue weighted by molar-refractivity contribution is 0.101. The largest absolute Gasteiger partial charge is 0.314 e. The smallest absolute Gasteiger partial charge is 0.0155 e. The molecule has 0 aromatic carbocycles. The second kappa shape index (κ2) is 7.90. The highest BCUT2D eigenvalue weighted by molar-refractivity contribution is 7.98. The maximum atomic E-state index is 3.72. The van der Waals surface area contributed by atoms with Gasteiger partial charge in [0.1, 0.15) is 0 Å². The molecule has 0 amide bonds. The van der Waals surface area contributed by atoms with E-state index in [0.29, 0.717) is 11.5 Å². The first kappa shape index (κ1) is 17.3. The van der Waals surface area contributed by atoms with E-state index in [4.69, 9.17) is 0 Å². The van der Waals surface area contributed by atoms with E-state index in [-0.39, 0.29) is 0 Å². The molecule has 0 radical (unpaired) electrons. The van der Waals surface area contributed by atoms with E-state index in [1.165, 1.54) is 31.6 Å². The van der Waals surface area contributed by atoms with Crippen LogP contribution in [0.5, 0.6) is 0 Å². The average molecular weight is 287 g/mol. The molecule has 3 heteroatoms. The Hall–Kier alpha value is 0.270. The lowest BCUT2D eigenvalue weighted by Crippen LogP contribution is -2.48. The molecular formula is C16H34N2S. The Morgan fingerprint density at radius 2 is 2.11 bits per heavy atom. The monoisotopic (exact) mass is 286 g/mol. The SMILES string of the molecule is CCNC1CCC(C)(C)CC1CN(C)C(C)CSC. The van der Waals surface area contributed by atoms with Crippen LogP contribution in [0.1, 0.15) is 47.0 Å². The van der Waals surface area contributed by atoms with E-state index < -0.39 is 0 Å². The molecule has 0 spiro atoms. The molecule has 0 aromatic rings. The zero-order valence-corrected chi connectivity index (χ0v) is 14.6. The number of nitrogens with zero attached hydrogens (tertiary/aromatic N) is 1. The fourth-order valence-corrected chi connectivity index (χ4v) is 4.11. The van der Waals surface area contributed by atoms with Crippen molar-refractivity contribution in [2.24, 2.45) is 11.3 Å². The lowest BCUT2D eigenvalue weighted by atomic mass is 9.69. The van der Waals surface area contributed by atoms with Gasteiger partial charge in [-0.2, -0.15) is 11.8 Å². The van der Waals surface area contributed by atoms with Gasteiger partial charge in [-0.3, -0.25) is 0 Å². The Morgan fingerprint density at radius 3 is 2.68 bits per heavy atom. The van der Waals surface area contributed by atoms with Gasteiger partial charge in [-0.25, -0.2) is 0 Å². The first-order valence-electron chi connectivity index (χ1n) is 7.82. The molecule has 0 aromatic heterocycles. The Balaban J connectivity index is 2.58. The standard InChI is InChI=1S/C16H34N2S/c1-7-17-15-8-9-16(3,4)10-14(15)11-18(5)13(2)12-19-6/h13-15,17H,7-12H2,1-6H3. The zero-order valence-electron chi connectivity index (χ0n) is 13.8. The third kappa shape index (κ3) is 5.65. The van der Waals surface area contributed by atoms with Gasteiger partial charge in [0.2, 0.25) is 0 Å². The summed E-state index contributed by atoms with van der Waals surface area (Å²) in [5.74, 6) is 2.04. The molecule has 114 valence electrons. The van der Waals surface area contributed by atoms with Crippen LogP contribution in [0, 0.1) is 11.3 Å². The van der Waals surface area contributed by atoms with Gasteiger partial charge in [0, 0.05) is 24.4 Å². The summed E-state index contributed by atoms with van der Waals surface area (Å²) in [5.41, 5.74) is 0.528. The van der Waals surface area contributed by atoms with Gasteiger partial charge in [0.15, 0.2) is 0 Å². The molecule has 1 aliphatic carbocycles. The number of thioether (sulfide) groups is 1. The zero-order chi connectivity index (χ0) is 14.5. The molecular weight excluding hydrogens is 252 g/mol. The first-order chi connectivity index (χ1) is 8.89. The fraction of sp³-hybridized carbons (Fsp3) is 1.00. The van der Waals surface area contributed by atoms with Gasteiger partial charge >= 0.3 is 0 Å². The normalized spacial score (nSPS) is 28.6. The van der Waals surface area contributed by atoms with Crippen LogP contribution in [0.2, 0.25) is 0 Å². The summed E-state index contributed by atoms with van der Waals surface area (Å²) in [6.07, 6.45) is 6.28. The van der Waals surface area contributed by atoms with Crippen molar-refractivity contribution < 1.29 is 0 Å². The van der Waals surface area contributed by atoms with Crippen molar-refractivity contribution in [1.82, 2.24) is 10.2 Å². The number of nitrogens with one attached hydrogen (secondary N) is 1. The van der Waals surface area contributed by atoms with Gasteiger partial charge in [-0.05, 0) is 57.4 Å². The van der Waals surface area contributed by atoms with Crippen LogP contribution in [0.15, 0.2) is 0 Å². The molecule has 0 heterocycles. The van der Waals surface area contributed by atoms with Gasteiger partial charge in [0.05, 0.1) is 0 Å². The molecule has 3 unspecified atom stereocenters. The minimum Gasteiger partial charge on any atom is -0.314 e. The Kier molecular flexibility index (Phi) is 7.20. The highest BCUT2D eigenvalue weighted by Gasteiger charge is 2.35. The molecule has 2 nitrogen and oxygen atoms in total. The third-order valence-corrected chi connectivity index (χ3v) is 5.48. The van der Waals surface area contributed by atoms with Crippen LogP contribution < -0.4 is 5.32 Å². The second-order valence-electron chi connectivity index (χ2n) is 7.08. The Morgan fingerprint density at radius 1 is 1.42 bits per heavy atom. The summed E-state index contributed by atoms with van der Waals surface area (Å²) in [4.78, 5) is 2.56.